The van der Waals surface area contributed by atoms with Crippen LogP contribution in [0, 0.1) is 0 Å². The monoisotopic (exact) mass is 278 g/mol. The second-order valence-electron chi connectivity index (χ2n) is 4.85. The number of hydrogen-bond donors (Lipinski definition) is 2. The van der Waals surface area contributed by atoms with Gasteiger partial charge in [-0.3, -0.25) is 4.79 Å². The lowest BCUT2D eigenvalue weighted by Crippen LogP contribution is -2.30. The van der Waals surface area contributed by atoms with Gasteiger partial charge in [0.2, 0.25) is 5.91 Å². The third-order valence-corrected chi connectivity index (χ3v) is 3.42. The number of hydrogen-bond acceptors (Lipinski definition) is 4. The van der Waals surface area contributed by atoms with E-state index in [1.54, 1.807) is 7.11 Å². The van der Waals surface area contributed by atoms with E-state index in [1.807, 2.05) is 6.07 Å². The van der Waals surface area contributed by atoms with Crippen LogP contribution in [0.2, 0.25) is 0 Å². The van der Waals surface area contributed by atoms with Gasteiger partial charge in [-0.25, -0.2) is 0 Å². The summed E-state index contributed by atoms with van der Waals surface area (Å²) < 4.78 is 10.0. The molecule has 0 fully saturated rings. The molecular formula is C15H22N2O3. The molecule has 5 heteroatoms. The Balaban J connectivity index is 1.63. The van der Waals surface area contributed by atoms with Gasteiger partial charge in [-0.1, -0.05) is 18.2 Å². The standard InChI is InChI=1S/C15H22N2O3/c1-19-8-9-20-11-15(18)16-7-6-12-10-17-14-5-3-2-4-13(12)14/h2-5,12,17H,6-11H2,1H3,(H,16,18). The number of carbonyl (C=O) groups is 1. The van der Waals surface area contributed by atoms with Gasteiger partial charge in [0.25, 0.3) is 0 Å². The van der Waals surface area contributed by atoms with Crippen LogP contribution in [0.1, 0.15) is 17.9 Å². The smallest absolute Gasteiger partial charge is 0.245 e. The Morgan fingerprint density at radius 3 is 3.10 bits per heavy atom. The first-order chi connectivity index (χ1) is 9.81. The van der Waals surface area contributed by atoms with Crippen LogP contribution in [0.5, 0.6) is 0 Å². The number of benzene rings is 1. The molecule has 110 valence electrons. The molecule has 0 radical (unpaired) electrons. The molecule has 2 rings (SSSR count). The summed E-state index contributed by atoms with van der Waals surface area (Å²) in [6, 6.07) is 8.33. The van der Waals surface area contributed by atoms with Crippen LogP contribution in [-0.2, 0) is 14.3 Å². The van der Waals surface area contributed by atoms with Crippen LogP contribution in [0.4, 0.5) is 5.69 Å². The maximum absolute atomic E-state index is 11.5. The number of para-hydroxylation sites is 1. The average molecular weight is 278 g/mol. The molecule has 2 N–H and O–H groups in total. The largest absolute Gasteiger partial charge is 0.384 e. The number of nitrogens with one attached hydrogen (secondary N) is 2. The van der Waals surface area contributed by atoms with Gasteiger partial charge < -0.3 is 20.1 Å². The Kier molecular flexibility index (Phi) is 5.83. The number of carbonyl (C=O) groups excluding carboxylic acids is 1. The zero-order valence-corrected chi connectivity index (χ0v) is 11.9. The fourth-order valence-electron chi connectivity index (χ4n) is 2.36. The van der Waals surface area contributed by atoms with E-state index < -0.39 is 0 Å². The number of fused-ring (bicyclic) bond motifs is 1. The van der Waals surface area contributed by atoms with Crippen molar-refractivity contribution in [3.05, 3.63) is 29.8 Å². The van der Waals surface area contributed by atoms with Crippen molar-refractivity contribution in [2.24, 2.45) is 0 Å². The van der Waals surface area contributed by atoms with E-state index in [9.17, 15) is 4.79 Å². The highest BCUT2D eigenvalue weighted by atomic mass is 16.5. The van der Waals surface area contributed by atoms with E-state index >= 15 is 0 Å². The zero-order chi connectivity index (χ0) is 14.2. The number of amides is 1. The SMILES string of the molecule is COCCOCC(=O)NCCC1CNc2ccccc21. The van der Waals surface area contributed by atoms with Crippen molar-refractivity contribution in [2.45, 2.75) is 12.3 Å². The molecule has 1 aliphatic heterocycles. The molecule has 5 nitrogen and oxygen atoms in total. The molecule has 20 heavy (non-hydrogen) atoms. The predicted molar refractivity (Wildman–Crippen MR) is 78.0 cm³/mol. The summed E-state index contributed by atoms with van der Waals surface area (Å²) in [4.78, 5) is 11.5. The number of anilines is 1. The van der Waals surface area contributed by atoms with E-state index in [0.717, 1.165) is 13.0 Å². The molecule has 0 bridgehead atoms. The van der Waals surface area contributed by atoms with Crippen molar-refractivity contribution in [3.63, 3.8) is 0 Å². The molecule has 1 unspecified atom stereocenters. The van der Waals surface area contributed by atoms with Crippen LogP contribution in [0.3, 0.4) is 0 Å². The summed E-state index contributed by atoms with van der Waals surface area (Å²) >= 11 is 0. The van der Waals surface area contributed by atoms with E-state index in [-0.39, 0.29) is 12.5 Å². The average Bonchev–Trinajstić information content (AvgIpc) is 2.87. The summed E-state index contributed by atoms with van der Waals surface area (Å²) in [5.74, 6) is 0.404. The van der Waals surface area contributed by atoms with E-state index in [1.165, 1.54) is 11.3 Å². The molecule has 1 atom stereocenters. The lowest BCUT2D eigenvalue weighted by molar-refractivity contribution is -0.126. The molecule has 1 aliphatic rings. The number of ether oxygens (including phenoxy) is 2. The Bertz CT molecular complexity index is 437. The second-order valence-corrected chi connectivity index (χ2v) is 4.85. The van der Waals surface area contributed by atoms with Crippen LogP contribution in [0.15, 0.2) is 24.3 Å². The maximum atomic E-state index is 11.5. The predicted octanol–water partition coefficient (Wildman–Crippen LogP) is 1.36. The van der Waals surface area contributed by atoms with Gasteiger partial charge in [-0.15, -0.1) is 0 Å². The molecule has 0 aromatic heterocycles. The van der Waals surface area contributed by atoms with Crippen molar-refractivity contribution in [2.75, 3.05) is 45.3 Å². The van der Waals surface area contributed by atoms with Crippen molar-refractivity contribution in [1.29, 1.82) is 0 Å². The Hall–Kier alpha value is -1.59. The Morgan fingerprint density at radius 2 is 2.25 bits per heavy atom. The number of rotatable bonds is 8. The summed E-state index contributed by atoms with van der Waals surface area (Å²) in [7, 11) is 1.61. The summed E-state index contributed by atoms with van der Waals surface area (Å²) in [5, 5.41) is 6.27. The third-order valence-electron chi connectivity index (χ3n) is 3.42. The van der Waals surface area contributed by atoms with Crippen molar-refractivity contribution in [1.82, 2.24) is 5.32 Å². The van der Waals surface area contributed by atoms with Gasteiger partial charge in [0, 0.05) is 31.8 Å². The highest BCUT2D eigenvalue weighted by Crippen LogP contribution is 2.32. The fraction of sp³-hybridized carbons (Fsp3) is 0.533. The maximum Gasteiger partial charge on any atom is 0.245 e. The highest BCUT2D eigenvalue weighted by molar-refractivity contribution is 5.77. The lowest BCUT2D eigenvalue weighted by Gasteiger charge is -2.11. The van der Waals surface area contributed by atoms with Crippen LogP contribution in [-0.4, -0.2) is 45.9 Å². The van der Waals surface area contributed by atoms with Crippen molar-refractivity contribution in [3.8, 4) is 0 Å². The Labute approximate surface area is 119 Å². The molecule has 0 aliphatic carbocycles. The van der Waals surface area contributed by atoms with E-state index in [2.05, 4.69) is 28.8 Å². The second kappa shape index (κ2) is 7.87. The lowest BCUT2D eigenvalue weighted by atomic mass is 9.98. The molecule has 1 aromatic carbocycles. The molecule has 0 saturated heterocycles. The summed E-state index contributed by atoms with van der Waals surface area (Å²) in [5.41, 5.74) is 2.56. The minimum absolute atomic E-state index is 0.0691. The topological polar surface area (TPSA) is 59.6 Å². The normalized spacial score (nSPS) is 16.6. The van der Waals surface area contributed by atoms with Crippen LogP contribution >= 0.6 is 0 Å². The molecule has 1 amide bonds. The molecular weight excluding hydrogens is 256 g/mol. The minimum atomic E-state index is -0.0691. The fourth-order valence-corrected chi connectivity index (χ4v) is 2.36. The van der Waals surface area contributed by atoms with Crippen molar-refractivity contribution >= 4 is 11.6 Å². The van der Waals surface area contributed by atoms with Gasteiger partial charge >= 0.3 is 0 Å². The molecule has 0 spiro atoms. The zero-order valence-electron chi connectivity index (χ0n) is 11.9. The van der Waals surface area contributed by atoms with Gasteiger partial charge in [-0.2, -0.15) is 0 Å². The van der Waals surface area contributed by atoms with Crippen LogP contribution < -0.4 is 10.6 Å². The Morgan fingerprint density at radius 1 is 1.40 bits per heavy atom. The van der Waals surface area contributed by atoms with E-state index in [4.69, 9.17) is 9.47 Å². The first kappa shape index (κ1) is 14.8. The summed E-state index contributed by atoms with van der Waals surface area (Å²) in [6.07, 6.45) is 0.938. The van der Waals surface area contributed by atoms with Crippen molar-refractivity contribution < 1.29 is 14.3 Å². The van der Waals surface area contributed by atoms with Gasteiger partial charge in [-0.05, 0) is 18.1 Å². The van der Waals surface area contributed by atoms with Gasteiger partial charge in [0.05, 0.1) is 13.2 Å². The first-order valence-corrected chi connectivity index (χ1v) is 6.97. The highest BCUT2D eigenvalue weighted by Gasteiger charge is 2.20. The van der Waals surface area contributed by atoms with Gasteiger partial charge in [0.15, 0.2) is 0 Å². The first-order valence-electron chi connectivity index (χ1n) is 6.97. The minimum Gasteiger partial charge on any atom is -0.384 e. The van der Waals surface area contributed by atoms with Gasteiger partial charge in [0.1, 0.15) is 6.61 Å². The molecule has 1 aromatic rings. The number of methoxy groups -OCH3 is 1. The molecule has 1 heterocycles. The quantitative estimate of drug-likeness (QED) is 0.705. The summed E-state index contributed by atoms with van der Waals surface area (Å²) in [6.45, 7) is 2.68. The van der Waals surface area contributed by atoms with E-state index in [0.29, 0.717) is 25.7 Å². The van der Waals surface area contributed by atoms with Crippen LogP contribution in [0.25, 0.3) is 0 Å². The third kappa shape index (κ3) is 4.21. The molecule has 0 saturated carbocycles.